The molecule has 0 spiro atoms. The van der Waals surface area contributed by atoms with Gasteiger partial charge in [0.25, 0.3) is 0 Å². The van der Waals surface area contributed by atoms with E-state index in [2.05, 4.69) is 42.2 Å². The molecule has 1 N–H and O–H groups in total. The van der Waals surface area contributed by atoms with Crippen molar-refractivity contribution in [1.82, 2.24) is 0 Å². The second-order valence-corrected chi connectivity index (χ2v) is 1.11. The van der Waals surface area contributed by atoms with Gasteiger partial charge in [0.2, 0.25) is 0 Å². The molecule has 0 aliphatic heterocycles. The summed E-state index contributed by atoms with van der Waals surface area (Å²) >= 11 is 4.24. The Morgan fingerprint density at radius 2 is 1.89 bits per heavy atom. The van der Waals surface area contributed by atoms with Crippen molar-refractivity contribution in [3.8, 4) is 0 Å². The summed E-state index contributed by atoms with van der Waals surface area (Å²) in [6, 6.07) is 0. The van der Waals surface area contributed by atoms with Gasteiger partial charge in [-0.1, -0.05) is 0 Å². The van der Waals surface area contributed by atoms with Crippen molar-refractivity contribution in [2.45, 2.75) is 6.92 Å². The van der Waals surface area contributed by atoms with Gasteiger partial charge < -0.3 is 5.11 Å². The number of nitrogens with zero attached hydrogens (tertiary/aromatic N) is 1. The number of hydrogen-bond donors (Lipinski definition) is 1. The molecule has 0 aliphatic rings. The lowest BCUT2D eigenvalue weighted by molar-refractivity contribution is -0.129. The predicted octanol–water partition coefficient (Wildman–Crippen LogP) is 1.93. The fourth-order valence-electron chi connectivity index (χ4n) is 0.0956. The highest BCUT2D eigenvalue weighted by Crippen LogP contribution is 1.89. The lowest BCUT2D eigenvalue weighted by Gasteiger charge is -1.83. The number of carboxylic acids is 1. The molecular weight excluding hydrogens is 348 g/mol. The fourth-order valence-corrected chi connectivity index (χ4v) is 0.0956. The van der Waals surface area contributed by atoms with Gasteiger partial charge >= 0.3 is 5.97 Å². The molecule has 5 heteroatoms. The number of aliphatic imine (C=N–C) groups is 1. The Balaban J connectivity index is 0. The zero-order valence-corrected chi connectivity index (χ0v) is 9.37. The molecule has 0 aliphatic carbocycles. The highest BCUT2D eigenvalue weighted by molar-refractivity contribution is 15.0. The molecule has 3 nitrogen and oxygen atoms in total. The van der Waals surface area contributed by atoms with Crippen LogP contribution in [0.4, 0.5) is 0 Å². The zero-order valence-electron chi connectivity index (χ0n) is 5.06. The summed E-state index contributed by atoms with van der Waals surface area (Å²) in [6.45, 7) is 1.45. The maximum Gasteiger partial charge on any atom is 0.349 e. The predicted molar refractivity (Wildman–Crippen MR) is 54.7 cm³/mol. The molecule has 0 unspecified atom stereocenters. The van der Waals surface area contributed by atoms with Gasteiger partial charge in [0.05, 0.1) is 0 Å². The lowest BCUT2D eigenvalue weighted by atomic mass is 10.4. The third-order valence-corrected chi connectivity index (χ3v) is 0.645. The van der Waals surface area contributed by atoms with Crippen molar-refractivity contribution in [2.24, 2.45) is 4.99 Å². The Kier molecular flexibility index (Phi) is 11.7. The van der Waals surface area contributed by atoms with Crippen molar-refractivity contribution in [3.05, 3.63) is 0 Å². The van der Waals surface area contributed by atoms with E-state index < -0.39 is 5.97 Å². The molecular formula is C4H7I2NO2. The topological polar surface area (TPSA) is 49.7 Å². The Labute approximate surface area is 77.3 Å². The summed E-state index contributed by atoms with van der Waals surface area (Å²) in [6.07, 6.45) is 0. The van der Waals surface area contributed by atoms with E-state index in [0.717, 1.165) is 0 Å². The van der Waals surface area contributed by atoms with E-state index in [-0.39, 0.29) is 5.71 Å². The van der Waals surface area contributed by atoms with Crippen LogP contribution < -0.4 is 0 Å². The molecule has 0 saturated heterocycles. The first kappa shape index (κ1) is 12.3. The molecule has 0 aromatic heterocycles. The summed E-state index contributed by atoms with van der Waals surface area (Å²) in [4.78, 5) is 13.2. The molecule has 0 atom stereocenters. The molecule has 0 heterocycles. The minimum Gasteiger partial charge on any atom is -0.477 e. The summed E-state index contributed by atoms with van der Waals surface area (Å²) in [5.41, 5.74) is 0.139. The van der Waals surface area contributed by atoms with Gasteiger partial charge in [0.1, 0.15) is 5.71 Å². The highest BCUT2D eigenvalue weighted by Gasteiger charge is 1.95. The van der Waals surface area contributed by atoms with Crippen molar-refractivity contribution >= 4 is 48.9 Å². The largest absolute Gasteiger partial charge is 0.477 e. The molecule has 9 heavy (non-hydrogen) atoms. The average Bonchev–Trinajstić information content (AvgIpc) is 1.91. The summed E-state index contributed by atoms with van der Waals surface area (Å²) < 4.78 is 0. The van der Waals surface area contributed by atoms with E-state index in [1.807, 2.05) is 0 Å². The third kappa shape index (κ3) is 8.60. The van der Waals surface area contributed by atoms with E-state index in [1.54, 1.807) is 0 Å². The van der Waals surface area contributed by atoms with Crippen LogP contribution in [-0.4, -0.2) is 23.8 Å². The Bertz CT molecular complexity index is 113. The third-order valence-electron chi connectivity index (χ3n) is 0.645. The first-order valence-corrected chi connectivity index (χ1v) is 8.28. The van der Waals surface area contributed by atoms with Gasteiger partial charge in [-0.25, -0.2) is 4.79 Å². The number of carbonyl (C=O) groups is 1. The average molecular weight is 355 g/mol. The van der Waals surface area contributed by atoms with Crippen molar-refractivity contribution in [1.29, 1.82) is 0 Å². The summed E-state index contributed by atoms with van der Waals surface area (Å²) in [5, 5.41) is 8.05. The fraction of sp³-hybridized carbons (Fsp3) is 0.500. The first-order chi connectivity index (χ1) is 4.18. The van der Waals surface area contributed by atoms with Crippen LogP contribution in [0.1, 0.15) is 6.92 Å². The van der Waals surface area contributed by atoms with Crippen LogP contribution in [-0.2, 0) is 4.79 Å². The molecule has 0 bridgehead atoms. The smallest absolute Gasteiger partial charge is 0.349 e. The van der Waals surface area contributed by atoms with Gasteiger partial charge in [0, 0.05) is 44.3 Å². The maximum absolute atomic E-state index is 9.80. The maximum atomic E-state index is 9.80. The molecule has 0 rings (SSSR count). The SMILES string of the molecule is CN=C(C)C(=O)O.II. The van der Waals surface area contributed by atoms with Crippen LogP contribution >= 0.6 is 37.2 Å². The van der Waals surface area contributed by atoms with Crippen LogP contribution in [0.15, 0.2) is 4.99 Å². The van der Waals surface area contributed by atoms with E-state index in [0.29, 0.717) is 0 Å². The molecule has 0 radical (unpaired) electrons. The molecule has 0 saturated carbocycles. The monoisotopic (exact) mass is 355 g/mol. The molecule has 0 fully saturated rings. The van der Waals surface area contributed by atoms with Crippen LogP contribution in [0.25, 0.3) is 0 Å². The molecule has 0 aromatic rings. The van der Waals surface area contributed by atoms with E-state index in [1.165, 1.54) is 14.0 Å². The number of aliphatic carboxylic acids is 1. The number of halogens is 2. The van der Waals surface area contributed by atoms with Crippen molar-refractivity contribution in [2.75, 3.05) is 7.05 Å². The van der Waals surface area contributed by atoms with Gasteiger partial charge in [-0.3, -0.25) is 4.99 Å². The molecule has 0 amide bonds. The minimum atomic E-state index is -0.956. The molecule has 0 aromatic carbocycles. The number of hydrogen-bond acceptors (Lipinski definition) is 2. The Hall–Kier alpha value is 0.600. The second kappa shape index (κ2) is 8.60. The van der Waals surface area contributed by atoms with Crippen LogP contribution in [0.2, 0.25) is 0 Å². The van der Waals surface area contributed by atoms with E-state index in [9.17, 15) is 4.79 Å². The Morgan fingerprint density at radius 1 is 1.56 bits per heavy atom. The molecule has 54 valence electrons. The van der Waals surface area contributed by atoms with Gasteiger partial charge in [-0.05, 0) is 6.92 Å². The highest BCUT2D eigenvalue weighted by atomic mass is 128. The van der Waals surface area contributed by atoms with Gasteiger partial charge in [-0.2, -0.15) is 0 Å². The Morgan fingerprint density at radius 3 is 1.89 bits per heavy atom. The van der Waals surface area contributed by atoms with Crippen molar-refractivity contribution in [3.63, 3.8) is 0 Å². The van der Waals surface area contributed by atoms with Gasteiger partial charge in [0.15, 0.2) is 0 Å². The van der Waals surface area contributed by atoms with Gasteiger partial charge in [-0.15, -0.1) is 0 Å². The van der Waals surface area contributed by atoms with Crippen LogP contribution in [0, 0.1) is 0 Å². The van der Waals surface area contributed by atoms with E-state index >= 15 is 0 Å². The van der Waals surface area contributed by atoms with Crippen molar-refractivity contribution < 1.29 is 9.90 Å². The summed E-state index contributed by atoms with van der Waals surface area (Å²) in [7, 11) is 1.45. The van der Waals surface area contributed by atoms with Crippen LogP contribution in [0.3, 0.4) is 0 Å². The number of carboxylic acid groups (broad SMARTS) is 1. The number of rotatable bonds is 1. The minimum absolute atomic E-state index is 0.139. The summed E-state index contributed by atoms with van der Waals surface area (Å²) in [5.74, 6) is -0.956. The standard InChI is InChI=1S/C4H7NO2.I2/c1-3(5-2)4(6)7;1-2/h1-2H3,(H,6,7);. The normalized spacial score (nSPS) is 9.56. The van der Waals surface area contributed by atoms with E-state index in [4.69, 9.17) is 5.11 Å². The van der Waals surface area contributed by atoms with Crippen LogP contribution in [0.5, 0.6) is 0 Å². The quantitative estimate of drug-likeness (QED) is 0.578. The first-order valence-electron chi connectivity index (χ1n) is 1.99. The second-order valence-electron chi connectivity index (χ2n) is 1.11. The lowest BCUT2D eigenvalue weighted by Crippen LogP contribution is -2.06. The zero-order chi connectivity index (χ0) is 7.86.